The number of hydrogen-bond donors (Lipinski definition) is 2. The van der Waals surface area contributed by atoms with Gasteiger partial charge in [0.05, 0.1) is 21.8 Å². The summed E-state index contributed by atoms with van der Waals surface area (Å²) in [5, 5.41) is 3.38. The van der Waals surface area contributed by atoms with Crippen molar-refractivity contribution in [1.82, 2.24) is 0 Å². The van der Waals surface area contributed by atoms with E-state index in [1.54, 1.807) is 17.4 Å². The Balaban J connectivity index is 1.83. The molecule has 1 aliphatic heterocycles. The van der Waals surface area contributed by atoms with Gasteiger partial charge in [-0.15, -0.1) is 11.3 Å². The van der Waals surface area contributed by atoms with Crippen LogP contribution in [0.4, 0.5) is 11.4 Å². The van der Waals surface area contributed by atoms with Gasteiger partial charge in [-0.3, -0.25) is 0 Å². The maximum absolute atomic E-state index is 6.06. The van der Waals surface area contributed by atoms with E-state index in [1.165, 1.54) is 0 Å². The molecule has 3 N–H and O–H groups in total. The zero-order valence-corrected chi connectivity index (χ0v) is 12.6. The molecule has 3 rings (SSSR count). The Morgan fingerprint density at radius 3 is 2.60 bits per heavy atom. The lowest BCUT2D eigenvalue weighted by Gasteiger charge is -2.22. The first-order valence-electron chi connectivity index (χ1n) is 6.34. The molecular formula is C14H15ClN2O2S. The van der Waals surface area contributed by atoms with E-state index >= 15 is 0 Å². The fourth-order valence-corrected chi connectivity index (χ4v) is 3.16. The molecule has 1 aliphatic rings. The van der Waals surface area contributed by atoms with Gasteiger partial charge in [-0.2, -0.15) is 0 Å². The molecule has 1 atom stereocenters. The standard InChI is InChI=1S/C14H15ClN2O2S/c1-8(13-2-3-14(15)20-13)17-10-7-12-11(6-9(10)16)18-4-5-19-12/h2-3,6-8,17H,4-5,16H2,1H3. The van der Waals surface area contributed by atoms with E-state index in [2.05, 4.69) is 12.2 Å². The highest BCUT2D eigenvalue weighted by Gasteiger charge is 2.16. The van der Waals surface area contributed by atoms with E-state index < -0.39 is 0 Å². The third kappa shape index (κ3) is 2.64. The van der Waals surface area contributed by atoms with E-state index in [4.69, 9.17) is 26.8 Å². The summed E-state index contributed by atoms with van der Waals surface area (Å²) in [4.78, 5) is 1.16. The van der Waals surface area contributed by atoms with Crippen molar-refractivity contribution >= 4 is 34.3 Å². The minimum atomic E-state index is 0.123. The van der Waals surface area contributed by atoms with Crippen molar-refractivity contribution in [2.75, 3.05) is 24.3 Å². The first kappa shape index (κ1) is 13.4. The molecule has 0 fully saturated rings. The molecule has 0 saturated carbocycles. The van der Waals surface area contributed by atoms with Gasteiger partial charge in [-0.05, 0) is 19.1 Å². The van der Waals surface area contributed by atoms with E-state index in [1.807, 2.05) is 18.2 Å². The van der Waals surface area contributed by atoms with Crippen molar-refractivity contribution in [1.29, 1.82) is 0 Å². The van der Waals surface area contributed by atoms with Crippen LogP contribution in [0.3, 0.4) is 0 Å². The lowest BCUT2D eigenvalue weighted by molar-refractivity contribution is 0.172. The predicted molar refractivity (Wildman–Crippen MR) is 83.2 cm³/mol. The molecule has 4 nitrogen and oxygen atoms in total. The molecule has 0 radical (unpaired) electrons. The number of fused-ring (bicyclic) bond motifs is 1. The summed E-state index contributed by atoms with van der Waals surface area (Å²) < 4.78 is 11.9. The number of nitrogens with one attached hydrogen (secondary N) is 1. The van der Waals surface area contributed by atoms with Crippen LogP contribution >= 0.6 is 22.9 Å². The van der Waals surface area contributed by atoms with Crippen LogP contribution in [0.1, 0.15) is 17.8 Å². The molecular weight excluding hydrogens is 296 g/mol. The molecule has 0 spiro atoms. The lowest BCUT2D eigenvalue weighted by Crippen LogP contribution is -2.16. The Morgan fingerprint density at radius 2 is 1.95 bits per heavy atom. The Hall–Kier alpha value is -1.59. The zero-order chi connectivity index (χ0) is 14.1. The number of benzene rings is 1. The average molecular weight is 311 g/mol. The van der Waals surface area contributed by atoms with Crippen molar-refractivity contribution in [3.05, 3.63) is 33.5 Å². The van der Waals surface area contributed by atoms with Gasteiger partial charge in [-0.1, -0.05) is 11.6 Å². The fraction of sp³-hybridized carbons (Fsp3) is 0.286. The van der Waals surface area contributed by atoms with Gasteiger partial charge in [0.2, 0.25) is 0 Å². The van der Waals surface area contributed by atoms with Crippen LogP contribution in [0.2, 0.25) is 4.34 Å². The Morgan fingerprint density at radius 1 is 1.25 bits per heavy atom. The summed E-state index contributed by atoms with van der Waals surface area (Å²) in [5.74, 6) is 1.43. The lowest BCUT2D eigenvalue weighted by atomic mass is 10.2. The molecule has 6 heteroatoms. The highest BCUT2D eigenvalue weighted by atomic mass is 35.5. The maximum Gasteiger partial charge on any atom is 0.163 e. The third-order valence-electron chi connectivity index (χ3n) is 3.11. The van der Waals surface area contributed by atoms with Crippen LogP contribution in [0.25, 0.3) is 0 Å². The number of halogens is 1. The molecule has 106 valence electrons. The number of thiophene rings is 1. The smallest absolute Gasteiger partial charge is 0.163 e. The van der Waals surface area contributed by atoms with Crippen molar-refractivity contribution in [2.45, 2.75) is 13.0 Å². The van der Waals surface area contributed by atoms with Gasteiger partial charge in [0.1, 0.15) is 13.2 Å². The topological polar surface area (TPSA) is 56.5 Å². The van der Waals surface area contributed by atoms with Crippen LogP contribution in [-0.2, 0) is 0 Å². The second kappa shape index (κ2) is 5.42. The first-order chi connectivity index (χ1) is 9.63. The normalized spacial score (nSPS) is 14.9. The van der Waals surface area contributed by atoms with Gasteiger partial charge in [-0.25, -0.2) is 0 Å². The molecule has 2 heterocycles. The summed E-state index contributed by atoms with van der Waals surface area (Å²) in [6, 6.07) is 7.71. The van der Waals surface area contributed by atoms with Crippen LogP contribution in [0, 0.1) is 0 Å². The van der Waals surface area contributed by atoms with E-state index in [0.29, 0.717) is 24.7 Å². The Kier molecular flexibility index (Phi) is 3.63. The first-order valence-corrected chi connectivity index (χ1v) is 7.54. The molecule has 1 unspecified atom stereocenters. The number of rotatable bonds is 3. The molecule has 1 aromatic carbocycles. The highest BCUT2D eigenvalue weighted by Crippen LogP contribution is 2.38. The summed E-state index contributed by atoms with van der Waals surface area (Å²) in [7, 11) is 0. The summed E-state index contributed by atoms with van der Waals surface area (Å²) in [6.07, 6.45) is 0. The van der Waals surface area contributed by atoms with Gasteiger partial charge in [0.25, 0.3) is 0 Å². The molecule has 0 aliphatic carbocycles. The number of hydrogen-bond acceptors (Lipinski definition) is 5. The summed E-state index contributed by atoms with van der Waals surface area (Å²) in [6.45, 7) is 3.19. The number of nitrogens with two attached hydrogens (primary N) is 1. The molecule has 0 amide bonds. The molecule has 1 aromatic heterocycles. The summed E-state index contributed by atoms with van der Waals surface area (Å²) >= 11 is 7.52. The van der Waals surface area contributed by atoms with Gasteiger partial charge in [0, 0.05) is 17.0 Å². The molecule has 20 heavy (non-hydrogen) atoms. The number of nitrogen functional groups attached to an aromatic ring is 1. The molecule has 0 bridgehead atoms. The average Bonchev–Trinajstić information content (AvgIpc) is 2.86. The highest BCUT2D eigenvalue weighted by molar-refractivity contribution is 7.16. The van der Waals surface area contributed by atoms with Gasteiger partial charge in [0.15, 0.2) is 11.5 Å². The summed E-state index contributed by atoms with van der Waals surface area (Å²) in [5.41, 5.74) is 7.54. The van der Waals surface area contributed by atoms with E-state index in [9.17, 15) is 0 Å². The fourth-order valence-electron chi connectivity index (χ4n) is 2.09. The van der Waals surface area contributed by atoms with E-state index in [-0.39, 0.29) is 6.04 Å². The zero-order valence-electron chi connectivity index (χ0n) is 11.0. The van der Waals surface area contributed by atoms with Crippen LogP contribution in [0.15, 0.2) is 24.3 Å². The quantitative estimate of drug-likeness (QED) is 0.843. The largest absolute Gasteiger partial charge is 0.486 e. The third-order valence-corrected chi connectivity index (χ3v) is 4.52. The minimum Gasteiger partial charge on any atom is -0.486 e. The molecule has 0 saturated heterocycles. The van der Waals surface area contributed by atoms with Crippen molar-refractivity contribution in [3.8, 4) is 11.5 Å². The second-order valence-corrected chi connectivity index (χ2v) is 6.34. The SMILES string of the molecule is CC(Nc1cc2c(cc1N)OCCO2)c1ccc(Cl)s1. The van der Waals surface area contributed by atoms with E-state index in [0.717, 1.165) is 20.7 Å². The van der Waals surface area contributed by atoms with Crippen molar-refractivity contribution in [3.63, 3.8) is 0 Å². The molecule has 2 aromatic rings. The Labute approximate surface area is 126 Å². The van der Waals surface area contributed by atoms with Crippen molar-refractivity contribution in [2.24, 2.45) is 0 Å². The predicted octanol–water partition coefficient (Wildman–Crippen LogP) is 3.93. The van der Waals surface area contributed by atoms with Crippen LogP contribution in [0.5, 0.6) is 11.5 Å². The van der Waals surface area contributed by atoms with Crippen molar-refractivity contribution < 1.29 is 9.47 Å². The second-order valence-electron chi connectivity index (χ2n) is 4.59. The van der Waals surface area contributed by atoms with Crippen LogP contribution < -0.4 is 20.5 Å². The Bertz CT molecular complexity index is 630. The van der Waals surface area contributed by atoms with Gasteiger partial charge >= 0.3 is 0 Å². The minimum absolute atomic E-state index is 0.123. The number of ether oxygens (including phenoxy) is 2. The number of anilines is 2. The monoisotopic (exact) mass is 310 g/mol. The van der Waals surface area contributed by atoms with Gasteiger partial charge < -0.3 is 20.5 Å². The van der Waals surface area contributed by atoms with Crippen LogP contribution in [-0.4, -0.2) is 13.2 Å². The maximum atomic E-state index is 6.06.